The first-order valence-electron chi connectivity index (χ1n) is 14.3. The van der Waals surface area contributed by atoms with Gasteiger partial charge in [-0.1, -0.05) is 74.5 Å². The van der Waals surface area contributed by atoms with Crippen molar-refractivity contribution in [2.24, 2.45) is 5.92 Å². The molecule has 0 bridgehead atoms. The molecule has 0 spiro atoms. The lowest BCUT2D eigenvalue weighted by Gasteiger charge is -2.36. The first-order chi connectivity index (χ1) is 19.9. The first kappa shape index (κ1) is 33.3. The minimum Gasteiger partial charge on any atom is -0.497 e. The van der Waals surface area contributed by atoms with Crippen LogP contribution in [0.3, 0.4) is 0 Å². The fraction of sp³-hybridized carbons (Fsp3) is 0.424. The summed E-state index contributed by atoms with van der Waals surface area (Å²) < 4.78 is 33.8. The van der Waals surface area contributed by atoms with Crippen molar-refractivity contribution < 1.29 is 28.5 Å². The summed E-state index contributed by atoms with van der Waals surface area (Å²) in [4.78, 5) is 12.8. The molecule has 0 aliphatic rings. The van der Waals surface area contributed by atoms with Gasteiger partial charge in [-0.3, -0.25) is 4.57 Å². The molecular weight excluding hydrogens is 551 g/mol. The van der Waals surface area contributed by atoms with E-state index in [9.17, 15) is 14.5 Å². The van der Waals surface area contributed by atoms with Crippen LogP contribution in [0.5, 0.6) is 5.75 Å². The number of alkyl carbamates (subject to hydrolysis) is 1. The van der Waals surface area contributed by atoms with Crippen molar-refractivity contribution in [1.82, 2.24) is 9.99 Å². The molecule has 228 valence electrons. The average Bonchev–Trinajstić information content (AvgIpc) is 2.95. The van der Waals surface area contributed by atoms with Crippen LogP contribution in [0.4, 0.5) is 4.79 Å². The maximum absolute atomic E-state index is 15.0. The zero-order chi connectivity index (χ0) is 30.8. The van der Waals surface area contributed by atoms with Gasteiger partial charge in [-0.15, -0.1) is 0 Å². The highest BCUT2D eigenvalue weighted by molar-refractivity contribution is 7.64. The quantitative estimate of drug-likeness (QED) is 0.214. The molecule has 0 saturated carbocycles. The summed E-state index contributed by atoms with van der Waals surface area (Å²) in [5.41, 5.74) is 1.11. The number of carbonyl (C=O) groups excluding carboxylic acids is 1. The van der Waals surface area contributed by atoms with Crippen LogP contribution in [-0.2, 0) is 26.9 Å². The third-order valence-corrected chi connectivity index (χ3v) is 8.96. The maximum atomic E-state index is 15.0. The molecule has 0 radical (unpaired) electrons. The van der Waals surface area contributed by atoms with Gasteiger partial charge in [0.05, 0.1) is 31.2 Å². The molecule has 0 aliphatic carbocycles. The molecule has 1 amide bonds. The summed E-state index contributed by atoms with van der Waals surface area (Å²) in [6.07, 6.45) is -1.37. The Morgan fingerprint density at radius 3 is 2.00 bits per heavy atom. The Balaban J connectivity index is 1.96. The molecule has 0 heterocycles. The largest absolute Gasteiger partial charge is 0.497 e. The number of methoxy groups -OCH3 is 1. The van der Waals surface area contributed by atoms with E-state index >= 15 is 0 Å². The zero-order valence-electron chi connectivity index (χ0n) is 25.5. The van der Waals surface area contributed by atoms with E-state index in [1.165, 1.54) is 0 Å². The topological polar surface area (TPSA) is 97.3 Å². The van der Waals surface area contributed by atoms with E-state index in [-0.39, 0.29) is 19.1 Å². The van der Waals surface area contributed by atoms with E-state index in [0.29, 0.717) is 24.0 Å². The Morgan fingerprint density at radius 2 is 1.48 bits per heavy atom. The van der Waals surface area contributed by atoms with Crippen LogP contribution < -0.4 is 15.4 Å². The fourth-order valence-electron chi connectivity index (χ4n) is 4.49. The molecule has 0 aliphatic heterocycles. The maximum Gasteiger partial charge on any atom is 0.407 e. The number of rotatable bonds is 14. The van der Waals surface area contributed by atoms with Crippen molar-refractivity contribution in [3.63, 3.8) is 0 Å². The minimum atomic E-state index is -3.70. The summed E-state index contributed by atoms with van der Waals surface area (Å²) in [5, 5.41) is 15.0. The van der Waals surface area contributed by atoms with E-state index in [1.54, 1.807) is 56.8 Å². The van der Waals surface area contributed by atoms with Gasteiger partial charge < -0.3 is 24.4 Å². The van der Waals surface area contributed by atoms with Gasteiger partial charge >= 0.3 is 13.6 Å². The van der Waals surface area contributed by atoms with Crippen LogP contribution in [0, 0.1) is 5.92 Å². The van der Waals surface area contributed by atoms with Gasteiger partial charge in [0.15, 0.2) is 0 Å². The minimum absolute atomic E-state index is 0.0103. The third-order valence-electron chi connectivity index (χ3n) is 6.46. The van der Waals surface area contributed by atoms with E-state index in [1.807, 2.05) is 74.5 Å². The Labute approximate surface area is 250 Å². The summed E-state index contributed by atoms with van der Waals surface area (Å²) in [6, 6.07) is 25.4. The van der Waals surface area contributed by atoms with Gasteiger partial charge in [-0.25, -0.2) is 9.46 Å². The molecule has 3 atom stereocenters. The number of benzene rings is 3. The molecule has 3 rings (SSSR count). The van der Waals surface area contributed by atoms with Gasteiger partial charge in [0.25, 0.3) is 0 Å². The lowest BCUT2D eigenvalue weighted by Crippen LogP contribution is -2.51. The summed E-state index contributed by atoms with van der Waals surface area (Å²) in [6.45, 7) is 9.91. The lowest BCUT2D eigenvalue weighted by atomic mass is 10.0. The predicted molar refractivity (Wildman–Crippen MR) is 167 cm³/mol. The normalized spacial score (nSPS) is 14.7. The smallest absolute Gasteiger partial charge is 0.407 e. The molecule has 3 aromatic carbocycles. The molecule has 2 N–H and O–H groups in total. The molecule has 0 fully saturated rings. The summed E-state index contributed by atoms with van der Waals surface area (Å²) in [5.74, 6) is 0.740. The standard InChI is InChI=1S/C33H45N2O6P/c1-25(2)22-35(23-31(36)30(21-26-13-9-7-10-14-26)34-32(37)41-33(3,4)5)42(38,29-19-17-28(39-6)18-20-29)40-24-27-15-11-8-12-16-27/h7-20,25,30-31,36H,21-24H2,1-6H3,(H,34,37)/t30-,31+,42?/m0/s1. The number of amides is 1. The van der Waals surface area contributed by atoms with Crippen molar-refractivity contribution in [2.75, 3.05) is 20.2 Å². The van der Waals surface area contributed by atoms with Crippen LogP contribution in [0.1, 0.15) is 45.7 Å². The highest BCUT2D eigenvalue weighted by atomic mass is 31.2. The number of aliphatic hydroxyl groups is 1. The monoisotopic (exact) mass is 596 g/mol. The van der Waals surface area contributed by atoms with E-state index < -0.39 is 31.4 Å². The predicted octanol–water partition coefficient (Wildman–Crippen LogP) is 6.19. The van der Waals surface area contributed by atoms with Crippen LogP contribution >= 0.6 is 7.52 Å². The fourth-order valence-corrected chi connectivity index (χ4v) is 6.90. The Hall–Kier alpha value is -3.16. The second-order valence-corrected chi connectivity index (χ2v) is 14.1. The lowest BCUT2D eigenvalue weighted by molar-refractivity contribution is 0.0394. The molecular formula is C33H45N2O6P. The second kappa shape index (κ2) is 15.4. The van der Waals surface area contributed by atoms with Gasteiger partial charge in [-0.05, 0) is 68.5 Å². The van der Waals surface area contributed by atoms with Crippen molar-refractivity contribution in [3.05, 3.63) is 96.1 Å². The van der Waals surface area contributed by atoms with Gasteiger partial charge in [-0.2, -0.15) is 0 Å². The highest BCUT2D eigenvalue weighted by Gasteiger charge is 2.38. The van der Waals surface area contributed by atoms with E-state index in [2.05, 4.69) is 5.32 Å². The molecule has 42 heavy (non-hydrogen) atoms. The summed E-state index contributed by atoms with van der Waals surface area (Å²) in [7, 11) is -2.13. The third kappa shape index (κ3) is 10.3. The van der Waals surface area contributed by atoms with Crippen molar-refractivity contribution >= 4 is 18.9 Å². The van der Waals surface area contributed by atoms with Crippen LogP contribution in [-0.4, -0.2) is 53.8 Å². The number of hydrogen-bond donors (Lipinski definition) is 2. The van der Waals surface area contributed by atoms with Crippen LogP contribution in [0.25, 0.3) is 0 Å². The molecule has 9 heteroatoms. The molecule has 0 saturated heterocycles. The average molecular weight is 597 g/mol. The highest BCUT2D eigenvalue weighted by Crippen LogP contribution is 2.51. The van der Waals surface area contributed by atoms with E-state index in [4.69, 9.17) is 14.0 Å². The Bertz CT molecular complexity index is 1280. The van der Waals surface area contributed by atoms with Gasteiger partial charge in [0.2, 0.25) is 0 Å². The number of hydrogen-bond acceptors (Lipinski definition) is 6. The molecule has 8 nitrogen and oxygen atoms in total. The second-order valence-electron chi connectivity index (χ2n) is 11.8. The molecule has 1 unspecified atom stereocenters. The van der Waals surface area contributed by atoms with Crippen molar-refractivity contribution in [2.45, 2.75) is 65.4 Å². The first-order valence-corrected chi connectivity index (χ1v) is 15.9. The number of nitrogens with zero attached hydrogens (tertiary/aromatic N) is 1. The van der Waals surface area contributed by atoms with Crippen LogP contribution in [0.15, 0.2) is 84.9 Å². The Kier molecular flexibility index (Phi) is 12.2. The molecule has 3 aromatic rings. The van der Waals surface area contributed by atoms with Crippen molar-refractivity contribution in [3.8, 4) is 5.75 Å². The Morgan fingerprint density at radius 1 is 0.905 bits per heavy atom. The van der Waals surface area contributed by atoms with Gasteiger partial charge in [0, 0.05) is 13.1 Å². The summed E-state index contributed by atoms with van der Waals surface area (Å²) >= 11 is 0. The van der Waals surface area contributed by atoms with Crippen LogP contribution in [0.2, 0.25) is 0 Å². The number of aliphatic hydroxyl groups excluding tert-OH is 1. The number of carbonyl (C=O) groups is 1. The van der Waals surface area contributed by atoms with E-state index in [0.717, 1.165) is 11.1 Å². The molecule has 0 aromatic heterocycles. The zero-order valence-corrected chi connectivity index (χ0v) is 26.4. The van der Waals surface area contributed by atoms with Gasteiger partial charge in [0.1, 0.15) is 11.4 Å². The van der Waals surface area contributed by atoms with Crippen molar-refractivity contribution in [1.29, 1.82) is 0 Å². The SMILES string of the molecule is COc1ccc(P(=O)(OCc2ccccc2)N(CC(C)C)C[C@@H](O)[C@H](Cc2ccccc2)NC(=O)OC(C)(C)C)cc1. The number of nitrogens with one attached hydrogen (secondary N) is 1. The number of ether oxygens (including phenoxy) is 2.